The van der Waals surface area contributed by atoms with Crippen molar-refractivity contribution in [2.24, 2.45) is 0 Å². The second-order valence-electron chi connectivity index (χ2n) is 5.69. The molecule has 1 heterocycles. The van der Waals surface area contributed by atoms with E-state index >= 15 is 0 Å². The van der Waals surface area contributed by atoms with Crippen molar-refractivity contribution >= 4 is 16.0 Å². The summed E-state index contributed by atoms with van der Waals surface area (Å²) >= 11 is 0. The molecular weight excluding hydrogens is 320 g/mol. The summed E-state index contributed by atoms with van der Waals surface area (Å²) in [7, 11) is -3.74. The number of ether oxygens (including phenoxy) is 1. The molecule has 128 valence electrons. The molecule has 0 aromatic heterocycles. The third-order valence-corrected chi connectivity index (χ3v) is 5.47. The molecule has 0 saturated carbocycles. The van der Waals surface area contributed by atoms with E-state index in [4.69, 9.17) is 4.74 Å². The minimum atomic E-state index is -3.74. The Morgan fingerprint density at radius 2 is 1.96 bits per heavy atom. The molecule has 2 rings (SSSR count). The van der Waals surface area contributed by atoms with Gasteiger partial charge in [0.05, 0.1) is 11.5 Å². The van der Waals surface area contributed by atoms with Crippen molar-refractivity contribution in [2.45, 2.75) is 37.8 Å². The fraction of sp³-hybridized carbons (Fsp3) is 0.533. The standard InChI is InChI=1S/C15H22N2O5S/c1-4-22-14-6-5-12(7-13(14)15(18)19)23(20,21)17-8-10(2)16-11(3)9-17/h5-7,10-11,16H,4,8-9H2,1-3H3,(H,18,19)/t10-,11+. The third kappa shape index (κ3) is 3.82. The van der Waals surface area contributed by atoms with Crippen LogP contribution in [-0.4, -0.2) is 55.6 Å². The second-order valence-corrected chi connectivity index (χ2v) is 7.62. The van der Waals surface area contributed by atoms with Crippen molar-refractivity contribution in [3.05, 3.63) is 23.8 Å². The maximum absolute atomic E-state index is 12.8. The van der Waals surface area contributed by atoms with Crippen LogP contribution in [0.1, 0.15) is 31.1 Å². The van der Waals surface area contributed by atoms with E-state index in [1.165, 1.54) is 22.5 Å². The number of benzene rings is 1. The summed E-state index contributed by atoms with van der Waals surface area (Å²) in [6.07, 6.45) is 0. The number of nitrogens with zero attached hydrogens (tertiary/aromatic N) is 1. The average molecular weight is 342 g/mol. The highest BCUT2D eigenvalue weighted by atomic mass is 32.2. The van der Waals surface area contributed by atoms with E-state index in [0.29, 0.717) is 19.7 Å². The molecule has 1 aliphatic heterocycles. The largest absolute Gasteiger partial charge is 0.493 e. The predicted octanol–water partition coefficient (Wildman–Crippen LogP) is 1.15. The highest BCUT2D eigenvalue weighted by Crippen LogP contribution is 2.26. The SMILES string of the molecule is CCOc1ccc(S(=O)(=O)N2C[C@@H](C)N[C@@H](C)C2)cc1C(=O)O. The Bertz CT molecular complexity index is 679. The summed E-state index contributed by atoms with van der Waals surface area (Å²) in [6, 6.07) is 4.03. The van der Waals surface area contributed by atoms with Gasteiger partial charge >= 0.3 is 5.97 Å². The quantitative estimate of drug-likeness (QED) is 0.833. The lowest BCUT2D eigenvalue weighted by Gasteiger charge is -2.35. The third-order valence-electron chi connectivity index (χ3n) is 3.64. The molecule has 8 heteroatoms. The first-order valence-corrected chi connectivity index (χ1v) is 8.96. The molecular formula is C15H22N2O5S. The monoisotopic (exact) mass is 342 g/mol. The molecule has 0 bridgehead atoms. The number of carboxylic acid groups (broad SMARTS) is 1. The number of carboxylic acids is 1. The summed E-state index contributed by atoms with van der Waals surface area (Å²) in [5.74, 6) is -1.05. The number of piperazine rings is 1. The molecule has 0 spiro atoms. The van der Waals surface area contributed by atoms with E-state index in [2.05, 4.69) is 5.32 Å². The molecule has 1 aromatic rings. The van der Waals surface area contributed by atoms with Gasteiger partial charge in [0.2, 0.25) is 10.0 Å². The van der Waals surface area contributed by atoms with Crippen molar-refractivity contribution in [1.29, 1.82) is 0 Å². The maximum atomic E-state index is 12.8. The lowest BCUT2D eigenvalue weighted by atomic mass is 10.2. The Hall–Kier alpha value is -1.64. The number of rotatable bonds is 5. The molecule has 1 aromatic carbocycles. The molecule has 23 heavy (non-hydrogen) atoms. The molecule has 1 fully saturated rings. The van der Waals surface area contributed by atoms with Crippen LogP contribution in [0.15, 0.2) is 23.1 Å². The molecule has 1 aliphatic rings. The first kappa shape index (κ1) is 17.7. The zero-order valence-electron chi connectivity index (χ0n) is 13.4. The van der Waals surface area contributed by atoms with E-state index in [-0.39, 0.29) is 28.3 Å². The Morgan fingerprint density at radius 3 is 2.48 bits per heavy atom. The fourth-order valence-corrected chi connectivity index (χ4v) is 4.38. The van der Waals surface area contributed by atoms with Gasteiger partial charge < -0.3 is 15.2 Å². The average Bonchev–Trinajstić information content (AvgIpc) is 2.46. The van der Waals surface area contributed by atoms with Crippen LogP contribution in [0.2, 0.25) is 0 Å². The van der Waals surface area contributed by atoms with E-state index in [9.17, 15) is 18.3 Å². The molecule has 0 radical (unpaired) electrons. The van der Waals surface area contributed by atoms with Crippen molar-refractivity contribution < 1.29 is 23.1 Å². The number of aromatic carboxylic acids is 1. The van der Waals surface area contributed by atoms with Gasteiger partial charge in [0.25, 0.3) is 0 Å². The van der Waals surface area contributed by atoms with Crippen LogP contribution in [-0.2, 0) is 10.0 Å². The maximum Gasteiger partial charge on any atom is 0.339 e. The topological polar surface area (TPSA) is 95.9 Å². The van der Waals surface area contributed by atoms with Gasteiger partial charge in [-0.2, -0.15) is 4.31 Å². The molecule has 2 N–H and O–H groups in total. The van der Waals surface area contributed by atoms with Gasteiger partial charge in [-0.1, -0.05) is 0 Å². The normalized spacial score (nSPS) is 22.7. The minimum Gasteiger partial charge on any atom is -0.493 e. The molecule has 0 aliphatic carbocycles. The van der Waals surface area contributed by atoms with Crippen LogP contribution in [0.25, 0.3) is 0 Å². The summed E-state index contributed by atoms with van der Waals surface area (Å²) in [5, 5.41) is 12.5. The van der Waals surface area contributed by atoms with Crippen molar-refractivity contribution in [3.63, 3.8) is 0 Å². The molecule has 0 unspecified atom stereocenters. The lowest BCUT2D eigenvalue weighted by molar-refractivity contribution is 0.0692. The van der Waals surface area contributed by atoms with E-state index in [0.717, 1.165) is 0 Å². The molecule has 2 atom stereocenters. The van der Waals surface area contributed by atoms with Gasteiger partial charge in [0, 0.05) is 25.2 Å². The Labute approximate surface area is 136 Å². The van der Waals surface area contributed by atoms with E-state index in [1.54, 1.807) is 6.92 Å². The predicted molar refractivity (Wildman–Crippen MR) is 85.4 cm³/mol. The zero-order chi connectivity index (χ0) is 17.2. The second kappa shape index (κ2) is 6.86. The van der Waals surface area contributed by atoms with Crippen LogP contribution in [0.5, 0.6) is 5.75 Å². The van der Waals surface area contributed by atoms with Gasteiger partial charge in [-0.05, 0) is 39.0 Å². The van der Waals surface area contributed by atoms with Crippen LogP contribution >= 0.6 is 0 Å². The number of hydrogen-bond acceptors (Lipinski definition) is 5. The Balaban J connectivity index is 2.40. The molecule has 0 amide bonds. The smallest absolute Gasteiger partial charge is 0.339 e. The Morgan fingerprint density at radius 1 is 1.35 bits per heavy atom. The number of nitrogens with one attached hydrogen (secondary N) is 1. The Kier molecular flexibility index (Phi) is 5.28. The van der Waals surface area contributed by atoms with Crippen molar-refractivity contribution in [2.75, 3.05) is 19.7 Å². The molecule has 7 nitrogen and oxygen atoms in total. The highest BCUT2D eigenvalue weighted by molar-refractivity contribution is 7.89. The number of sulfonamides is 1. The number of carbonyl (C=O) groups is 1. The zero-order valence-corrected chi connectivity index (χ0v) is 14.3. The van der Waals surface area contributed by atoms with Crippen LogP contribution < -0.4 is 10.1 Å². The van der Waals surface area contributed by atoms with Gasteiger partial charge in [-0.15, -0.1) is 0 Å². The van der Waals surface area contributed by atoms with Crippen molar-refractivity contribution in [1.82, 2.24) is 9.62 Å². The summed E-state index contributed by atoms with van der Waals surface area (Å²) in [4.78, 5) is 11.3. The summed E-state index contributed by atoms with van der Waals surface area (Å²) < 4.78 is 32.2. The van der Waals surface area contributed by atoms with Gasteiger partial charge in [0.1, 0.15) is 11.3 Å². The van der Waals surface area contributed by atoms with Gasteiger partial charge in [-0.3, -0.25) is 0 Å². The van der Waals surface area contributed by atoms with Crippen LogP contribution in [0, 0.1) is 0 Å². The molecule has 1 saturated heterocycles. The van der Waals surface area contributed by atoms with E-state index in [1.807, 2.05) is 13.8 Å². The van der Waals surface area contributed by atoms with Gasteiger partial charge in [-0.25, -0.2) is 13.2 Å². The highest BCUT2D eigenvalue weighted by Gasteiger charge is 2.32. The van der Waals surface area contributed by atoms with Crippen LogP contribution in [0.3, 0.4) is 0 Å². The first-order chi connectivity index (χ1) is 10.8. The van der Waals surface area contributed by atoms with Crippen LogP contribution in [0.4, 0.5) is 0 Å². The minimum absolute atomic E-state index is 0.0281. The summed E-state index contributed by atoms with van der Waals surface area (Å²) in [6.45, 7) is 6.57. The first-order valence-electron chi connectivity index (χ1n) is 7.52. The number of hydrogen-bond donors (Lipinski definition) is 2. The van der Waals surface area contributed by atoms with Crippen molar-refractivity contribution in [3.8, 4) is 5.75 Å². The fourth-order valence-electron chi connectivity index (χ4n) is 2.74. The lowest BCUT2D eigenvalue weighted by Crippen LogP contribution is -2.55. The van der Waals surface area contributed by atoms with E-state index < -0.39 is 16.0 Å². The summed E-state index contributed by atoms with van der Waals surface area (Å²) in [5.41, 5.74) is -0.149. The van der Waals surface area contributed by atoms with Gasteiger partial charge in [0.15, 0.2) is 0 Å².